The first-order valence-corrected chi connectivity index (χ1v) is 7.35. The van der Waals surface area contributed by atoms with Crippen molar-refractivity contribution >= 4 is 33.3 Å². The van der Waals surface area contributed by atoms with Gasteiger partial charge in [-0.2, -0.15) is 0 Å². The average molecular weight is 339 g/mol. The first-order valence-electron chi connectivity index (χ1n) is 5.49. The van der Waals surface area contributed by atoms with Crippen LogP contribution in [0.4, 0.5) is 5.69 Å². The summed E-state index contributed by atoms with van der Waals surface area (Å²) in [5.74, 6) is -1.48. The van der Waals surface area contributed by atoms with E-state index < -0.39 is 37.6 Å². The lowest BCUT2D eigenvalue weighted by molar-refractivity contribution is -0.385. The van der Waals surface area contributed by atoms with Crippen LogP contribution >= 0.6 is 11.6 Å². The molecule has 1 aromatic rings. The number of nitrogens with one attached hydrogen (secondary N) is 1. The number of carboxylic acid groups (broad SMARTS) is 1. The maximum atomic E-state index is 11.9. The van der Waals surface area contributed by atoms with Gasteiger partial charge >= 0.3 is 5.97 Å². The molecule has 0 radical (unpaired) electrons. The molecule has 3 N–H and O–H groups in total. The number of non-ortho nitro benzene ring substituents is 1. The van der Waals surface area contributed by atoms with E-state index in [-0.39, 0.29) is 18.0 Å². The highest BCUT2D eigenvalue weighted by atomic mass is 35.5. The summed E-state index contributed by atoms with van der Waals surface area (Å²) in [6.07, 6.45) is -2.07. The van der Waals surface area contributed by atoms with Crippen molar-refractivity contribution < 1.29 is 28.3 Å². The zero-order valence-electron chi connectivity index (χ0n) is 10.4. The maximum absolute atomic E-state index is 11.9. The van der Waals surface area contributed by atoms with Crippen LogP contribution in [0.3, 0.4) is 0 Å². The molecule has 0 saturated carbocycles. The number of nitro groups is 1. The van der Waals surface area contributed by atoms with Crippen LogP contribution in [0.5, 0.6) is 0 Å². The summed E-state index contributed by atoms with van der Waals surface area (Å²) in [4.78, 5) is 19.7. The number of carboxylic acids is 1. The van der Waals surface area contributed by atoms with Crippen LogP contribution in [0.25, 0.3) is 0 Å². The number of aliphatic carboxylic acids is 1. The molecular weight excluding hydrogens is 328 g/mol. The van der Waals surface area contributed by atoms with Gasteiger partial charge in [-0.3, -0.25) is 10.1 Å². The van der Waals surface area contributed by atoms with Crippen molar-refractivity contribution in [1.82, 2.24) is 4.72 Å². The summed E-state index contributed by atoms with van der Waals surface area (Å²) >= 11 is 5.69. The summed E-state index contributed by atoms with van der Waals surface area (Å²) in [5, 5.41) is 27.9. The molecule has 1 unspecified atom stereocenters. The molecule has 9 nitrogen and oxygen atoms in total. The van der Waals surface area contributed by atoms with E-state index in [0.717, 1.165) is 18.2 Å². The number of nitrogens with zero attached hydrogens (tertiary/aromatic N) is 1. The van der Waals surface area contributed by atoms with E-state index >= 15 is 0 Å². The number of halogens is 1. The van der Waals surface area contributed by atoms with Crippen molar-refractivity contribution in [3.8, 4) is 0 Å². The normalized spacial score (nSPS) is 12.9. The fraction of sp³-hybridized carbons (Fsp3) is 0.300. The lowest BCUT2D eigenvalue weighted by atomic mass is 10.3. The Balaban J connectivity index is 2.90. The summed E-state index contributed by atoms with van der Waals surface area (Å²) in [7, 11) is -4.16. The van der Waals surface area contributed by atoms with Gasteiger partial charge in [-0.05, 0) is 12.5 Å². The van der Waals surface area contributed by atoms with Gasteiger partial charge in [0.2, 0.25) is 10.0 Å². The molecule has 0 aromatic heterocycles. The van der Waals surface area contributed by atoms with Gasteiger partial charge in [0.25, 0.3) is 5.69 Å². The minimum absolute atomic E-state index is 0.216. The Morgan fingerprint density at radius 3 is 2.62 bits per heavy atom. The second kappa shape index (κ2) is 6.80. The maximum Gasteiger partial charge on any atom is 0.332 e. The summed E-state index contributed by atoms with van der Waals surface area (Å²) in [6.45, 7) is -0.366. The van der Waals surface area contributed by atoms with Crippen LogP contribution in [0.15, 0.2) is 23.1 Å². The monoisotopic (exact) mass is 338 g/mol. The standard InChI is InChI=1S/C10H11ClN2O7S/c11-7-2-1-6(13(17)18)5-9(7)21(19,20)12-4-3-8(14)10(15)16/h1-2,5,8,12,14H,3-4H2,(H,15,16). The molecule has 0 fully saturated rings. The largest absolute Gasteiger partial charge is 0.479 e. The summed E-state index contributed by atoms with van der Waals surface area (Å²) in [5.41, 5.74) is -0.453. The fourth-order valence-electron chi connectivity index (χ4n) is 1.34. The van der Waals surface area contributed by atoms with Gasteiger partial charge in [-0.25, -0.2) is 17.9 Å². The van der Waals surface area contributed by atoms with Crippen molar-refractivity contribution in [2.75, 3.05) is 6.54 Å². The van der Waals surface area contributed by atoms with Crippen molar-refractivity contribution in [2.45, 2.75) is 17.4 Å². The number of aliphatic hydroxyl groups excluding tert-OH is 1. The van der Waals surface area contributed by atoms with E-state index in [1.54, 1.807) is 0 Å². The molecule has 1 rings (SSSR count). The highest BCUT2D eigenvalue weighted by Gasteiger charge is 2.22. The van der Waals surface area contributed by atoms with Gasteiger partial charge in [-0.15, -0.1) is 0 Å². The quantitative estimate of drug-likeness (QED) is 0.480. The number of carbonyl (C=O) groups is 1. The molecule has 0 heterocycles. The van der Waals surface area contributed by atoms with Crippen molar-refractivity contribution in [3.63, 3.8) is 0 Å². The van der Waals surface area contributed by atoms with Gasteiger partial charge < -0.3 is 10.2 Å². The Bertz CT molecular complexity index is 661. The van der Waals surface area contributed by atoms with Gasteiger partial charge in [0.05, 0.1) is 9.95 Å². The zero-order chi connectivity index (χ0) is 16.2. The van der Waals surface area contributed by atoms with Crippen LogP contribution in [0.1, 0.15) is 6.42 Å². The molecule has 11 heteroatoms. The Morgan fingerprint density at radius 2 is 2.10 bits per heavy atom. The third-order valence-electron chi connectivity index (χ3n) is 2.41. The van der Waals surface area contributed by atoms with Crippen LogP contribution in [-0.2, 0) is 14.8 Å². The highest BCUT2D eigenvalue weighted by Crippen LogP contribution is 2.25. The van der Waals surface area contributed by atoms with E-state index in [1.165, 1.54) is 0 Å². The van der Waals surface area contributed by atoms with E-state index in [4.69, 9.17) is 21.8 Å². The molecule has 0 aliphatic heterocycles. The van der Waals surface area contributed by atoms with Crippen LogP contribution in [-0.4, -0.2) is 42.2 Å². The fourth-order valence-corrected chi connectivity index (χ4v) is 2.91. The molecule has 0 aliphatic rings. The number of hydrogen-bond acceptors (Lipinski definition) is 6. The number of sulfonamides is 1. The Hall–Kier alpha value is -1.75. The molecule has 0 bridgehead atoms. The molecular formula is C10H11ClN2O7S. The molecule has 21 heavy (non-hydrogen) atoms. The number of aliphatic hydroxyl groups is 1. The van der Waals surface area contributed by atoms with Crippen molar-refractivity contribution in [3.05, 3.63) is 33.3 Å². The zero-order valence-corrected chi connectivity index (χ0v) is 12.0. The minimum Gasteiger partial charge on any atom is -0.479 e. The topological polar surface area (TPSA) is 147 Å². The third kappa shape index (κ3) is 4.63. The number of nitro benzene ring substituents is 1. The van der Waals surface area contributed by atoms with Gasteiger partial charge in [0.15, 0.2) is 6.10 Å². The van der Waals surface area contributed by atoms with Gasteiger partial charge in [-0.1, -0.05) is 11.6 Å². The molecule has 1 aromatic carbocycles. The smallest absolute Gasteiger partial charge is 0.332 e. The third-order valence-corrected chi connectivity index (χ3v) is 4.35. The van der Waals surface area contributed by atoms with E-state index in [1.807, 2.05) is 4.72 Å². The van der Waals surface area contributed by atoms with Crippen molar-refractivity contribution in [1.29, 1.82) is 0 Å². The molecule has 0 aliphatic carbocycles. The summed E-state index contributed by atoms with van der Waals surface area (Å²) in [6, 6.07) is 2.91. The van der Waals surface area contributed by atoms with E-state index in [0.29, 0.717) is 0 Å². The average Bonchev–Trinajstić information content (AvgIpc) is 2.38. The number of hydrogen-bond donors (Lipinski definition) is 3. The molecule has 0 spiro atoms. The van der Waals surface area contributed by atoms with Crippen LogP contribution in [0.2, 0.25) is 5.02 Å². The predicted octanol–water partition coefficient (Wildman–Crippen LogP) is 0.362. The van der Waals surface area contributed by atoms with Crippen LogP contribution < -0.4 is 4.72 Å². The lowest BCUT2D eigenvalue weighted by Crippen LogP contribution is -2.30. The Labute approximate surface area is 124 Å². The van der Waals surface area contributed by atoms with Gasteiger partial charge in [0.1, 0.15) is 4.90 Å². The Morgan fingerprint density at radius 1 is 1.48 bits per heavy atom. The number of rotatable bonds is 7. The number of benzene rings is 1. The SMILES string of the molecule is O=C(O)C(O)CCNS(=O)(=O)c1cc([N+](=O)[O-])ccc1Cl. The highest BCUT2D eigenvalue weighted by molar-refractivity contribution is 7.89. The van der Waals surface area contributed by atoms with E-state index in [9.17, 15) is 23.3 Å². The molecule has 0 amide bonds. The van der Waals surface area contributed by atoms with Gasteiger partial charge in [0, 0.05) is 18.7 Å². The van der Waals surface area contributed by atoms with Crippen molar-refractivity contribution in [2.24, 2.45) is 0 Å². The molecule has 116 valence electrons. The Kier molecular flexibility index (Phi) is 5.61. The lowest BCUT2D eigenvalue weighted by Gasteiger charge is -2.09. The molecule has 1 atom stereocenters. The summed E-state index contributed by atoms with van der Waals surface area (Å²) < 4.78 is 25.9. The second-order valence-electron chi connectivity index (χ2n) is 3.91. The van der Waals surface area contributed by atoms with Crippen LogP contribution in [0, 0.1) is 10.1 Å². The van der Waals surface area contributed by atoms with E-state index in [2.05, 4.69) is 0 Å². The molecule has 0 saturated heterocycles. The predicted molar refractivity (Wildman–Crippen MR) is 71.6 cm³/mol. The minimum atomic E-state index is -4.16. The second-order valence-corrected chi connectivity index (χ2v) is 6.05. The first kappa shape index (κ1) is 17.3. The first-order chi connectivity index (χ1) is 9.65.